The summed E-state index contributed by atoms with van der Waals surface area (Å²) in [5.74, 6) is -1.79. The Morgan fingerprint density at radius 3 is 2.64 bits per heavy atom. The second-order valence-electron chi connectivity index (χ2n) is 6.97. The van der Waals surface area contributed by atoms with Crippen LogP contribution in [-0.2, 0) is 10.0 Å². The molecule has 0 aliphatic heterocycles. The number of ether oxygens (including phenoxy) is 1. The molecule has 0 radical (unpaired) electrons. The smallest absolute Gasteiger partial charge is 0.267 e. The molecule has 0 saturated heterocycles. The van der Waals surface area contributed by atoms with E-state index in [1.54, 1.807) is 41.3 Å². The zero-order chi connectivity index (χ0) is 23.9. The van der Waals surface area contributed by atoms with Gasteiger partial charge in [-0.25, -0.2) is 27.2 Å². The van der Waals surface area contributed by atoms with Gasteiger partial charge in [0.25, 0.3) is 5.91 Å². The van der Waals surface area contributed by atoms with Crippen LogP contribution in [0.4, 0.5) is 4.39 Å². The van der Waals surface area contributed by atoms with E-state index in [9.17, 15) is 17.6 Å². The summed E-state index contributed by atoms with van der Waals surface area (Å²) in [6.45, 7) is 0. The fraction of sp³-hybridized carbons (Fsp3) is 0.0952. The number of rotatable bonds is 5. The van der Waals surface area contributed by atoms with Gasteiger partial charge in [0.15, 0.2) is 0 Å². The highest BCUT2D eigenvalue weighted by molar-refractivity contribution is 7.89. The minimum Gasteiger partial charge on any atom is -0.481 e. The van der Waals surface area contributed by atoms with Crippen molar-refractivity contribution in [3.8, 4) is 22.8 Å². The van der Waals surface area contributed by atoms with Crippen molar-refractivity contribution >= 4 is 50.0 Å². The number of halogens is 3. The van der Waals surface area contributed by atoms with Crippen LogP contribution in [0.15, 0.2) is 48.7 Å². The molecule has 0 spiro atoms. The van der Waals surface area contributed by atoms with Gasteiger partial charge in [-0.1, -0.05) is 23.2 Å². The summed E-state index contributed by atoms with van der Waals surface area (Å²) in [5.41, 5.74) is 1.20. The lowest BCUT2D eigenvalue weighted by Gasteiger charge is -2.10. The molecule has 2 aromatic heterocycles. The topological polar surface area (TPSA) is 103 Å². The van der Waals surface area contributed by atoms with Crippen LogP contribution >= 0.6 is 23.2 Å². The second kappa shape index (κ2) is 8.62. The average molecular weight is 509 g/mol. The van der Waals surface area contributed by atoms with Gasteiger partial charge >= 0.3 is 0 Å². The molecule has 0 unspecified atom stereocenters. The summed E-state index contributed by atoms with van der Waals surface area (Å²) in [5, 5.41) is 5.66. The lowest BCUT2D eigenvalue weighted by Crippen LogP contribution is -2.30. The predicted octanol–water partition coefficient (Wildman–Crippen LogP) is 4.23. The highest BCUT2D eigenvalue weighted by Crippen LogP contribution is 2.37. The van der Waals surface area contributed by atoms with E-state index in [0.29, 0.717) is 33.1 Å². The number of amides is 1. The lowest BCUT2D eigenvalue weighted by molar-refractivity contribution is 0.0978. The van der Waals surface area contributed by atoms with E-state index in [4.69, 9.17) is 27.9 Å². The second-order valence-corrected chi connectivity index (χ2v) is 9.56. The van der Waals surface area contributed by atoms with Crippen LogP contribution in [0.5, 0.6) is 5.88 Å². The molecule has 170 valence electrons. The Kier molecular flexibility index (Phi) is 6.00. The fourth-order valence-corrected chi connectivity index (χ4v) is 4.17. The first-order valence-electron chi connectivity index (χ1n) is 9.28. The van der Waals surface area contributed by atoms with Gasteiger partial charge < -0.3 is 4.74 Å². The van der Waals surface area contributed by atoms with E-state index in [0.717, 1.165) is 18.4 Å². The van der Waals surface area contributed by atoms with Gasteiger partial charge in [-0.05, 0) is 36.4 Å². The molecule has 4 aromatic rings. The highest BCUT2D eigenvalue weighted by atomic mass is 35.5. The Balaban J connectivity index is 1.93. The van der Waals surface area contributed by atoms with Crippen LogP contribution in [0.1, 0.15) is 10.4 Å². The molecule has 12 heteroatoms. The third kappa shape index (κ3) is 4.50. The van der Waals surface area contributed by atoms with Crippen molar-refractivity contribution < 1.29 is 22.3 Å². The van der Waals surface area contributed by atoms with Crippen molar-refractivity contribution in [3.63, 3.8) is 0 Å². The molecule has 0 aliphatic carbocycles. The predicted molar refractivity (Wildman–Crippen MR) is 123 cm³/mol. The van der Waals surface area contributed by atoms with Gasteiger partial charge in [0.05, 0.1) is 40.7 Å². The molecule has 2 heterocycles. The molecule has 4 rings (SSSR count). The summed E-state index contributed by atoms with van der Waals surface area (Å²) >= 11 is 12.6. The maximum atomic E-state index is 14.8. The summed E-state index contributed by atoms with van der Waals surface area (Å²) < 4.78 is 46.0. The van der Waals surface area contributed by atoms with E-state index in [1.165, 1.54) is 11.8 Å². The van der Waals surface area contributed by atoms with Crippen molar-refractivity contribution in [2.45, 2.75) is 0 Å². The average Bonchev–Trinajstić information content (AvgIpc) is 3.12. The normalized spacial score (nSPS) is 11.5. The first-order chi connectivity index (χ1) is 15.6. The van der Waals surface area contributed by atoms with Gasteiger partial charge in [0, 0.05) is 22.7 Å². The Labute approximate surface area is 198 Å². The Hall–Kier alpha value is -3.21. The number of nitrogens with zero attached hydrogens (tertiary/aromatic N) is 3. The van der Waals surface area contributed by atoms with E-state index >= 15 is 0 Å². The summed E-state index contributed by atoms with van der Waals surface area (Å²) in [6.07, 6.45) is 2.36. The van der Waals surface area contributed by atoms with Crippen LogP contribution in [-0.4, -0.2) is 42.5 Å². The molecule has 33 heavy (non-hydrogen) atoms. The number of methoxy groups -OCH3 is 1. The molecule has 0 fully saturated rings. The number of pyridine rings is 1. The quantitative estimate of drug-likeness (QED) is 0.432. The molecule has 8 nitrogen and oxygen atoms in total. The first-order valence-corrected chi connectivity index (χ1v) is 11.9. The van der Waals surface area contributed by atoms with Crippen molar-refractivity contribution in [1.29, 1.82) is 0 Å². The molecule has 2 aromatic carbocycles. The zero-order valence-corrected chi connectivity index (χ0v) is 19.5. The molecular formula is C21H15Cl2FN4O4S. The van der Waals surface area contributed by atoms with Gasteiger partial charge in [0.1, 0.15) is 11.5 Å². The molecule has 0 bridgehead atoms. The number of nitrogens with one attached hydrogen (secondary N) is 1. The van der Waals surface area contributed by atoms with Crippen LogP contribution < -0.4 is 9.46 Å². The number of hydrogen-bond donors (Lipinski definition) is 1. The van der Waals surface area contributed by atoms with Crippen molar-refractivity contribution in [2.75, 3.05) is 13.4 Å². The zero-order valence-electron chi connectivity index (χ0n) is 17.1. The molecular weight excluding hydrogens is 494 g/mol. The molecule has 0 saturated carbocycles. The Morgan fingerprint density at radius 1 is 1.18 bits per heavy atom. The van der Waals surface area contributed by atoms with Crippen LogP contribution in [0.2, 0.25) is 10.0 Å². The SMILES string of the molecule is COc1ncccc1-c1nn(-c2cc(F)c(C(=O)NS(C)(=O)=O)cc2Cl)c2ccc(Cl)cc12. The minimum absolute atomic E-state index is 0.0286. The number of hydrogen-bond acceptors (Lipinski definition) is 6. The van der Waals surface area contributed by atoms with Crippen LogP contribution in [0.3, 0.4) is 0 Å². The number of aromatic nitrogens is 3. The van der Waals surface area contributed by atoms with Crippen molar-refractivity contribution in [2.24, 2.45) is 0 Å². The number of carbonyl (C=O) groups is 1. The highest BCUT2D eigenvalue weighted by Gasteiger charge is 2.22. The molecule has 1 N–H and O–H groups in total. The molecule has 1 amide bonds. The maximum absolute atomic E-state index is 14.8. The van der Waals surface area contributed by atoms with Gasteiger partial charge in [-0.3, -0.25) is 4.79 Å². The van der Waals surface area contributed by atoms with E-state index in [2.05, 4.69) is 10.1 Å². The third-order valence-electron chi connectivity index (χ3n) is 4.65. The van der Waals surface area contributed by atoms with Gasteiger partial charge in [0.2, 0.25) is 15.9 Å². The van der Waals surface area contributed by atoms with Crippen molar-refractivity contribution in [1.82, 2.24) is 19.5 Å². The monoisotopic (exact) mass is 508 g/mol. The Morgan fingerprint density at radius 2 is 1.94 bits per heavy atom. The molecule has 0 atom stereocenters. The minimum atomic E-state index is -3.89. The number of fused-ring (bicyclic) bond motifs is 1. The lowest BCUT2D eigenvalue weighted by atomic mass is 10.1. The standard InChI is InChI=1S/C21H15Cl2FN4O4S/c1-32-21-12(4-3-7-25-21)19-14-8-11(22)5-6-17(14)28(26-19)18-10-16(24)13(9-15(18)23)20(29)27-33(2,30)31/h3-10H,1-2H3,(H,27,29). The van der Waals surface area contributed by atoms with Gasteiger partial charge in [-0.2, -0.15) is 5.10 Å². The summed E-state index contributed by atoms with van der Waals surface area (Å²) in [6, 6.07) is 10.6. The number of benzene rings is 2. The van der Waals surface area contributed by atoms with Crippen LogP contribution in [0, 0.1) is 5.82 Å². The Bertz CT molecular complexity index is 1520. The number of sulfonamides is 1. The van der Waals surface area contributed by atoms with Gasteiger partial charge in [-0.15, -0.1) is 0 Å². The largest absolute Gasteiger partial charge is 0.481 e. The van der Waals surface area contributed by atoms with E-state index in [-0.39, 0.29) is 10.7 Å². The summed E-state index contributed by atoms with van der Waals surface area (Å²) in [4.78, 5) is 16.3. The van der Waals surface area contributed by atoms with Crippen molar-refractivity contribution in [3.05, 3.63) is 70.1 Å². The third-order valence-corrected chi connectivity index (χ3v) is 5.74. The fourth-order valence-electron chi connectivity index (χ4n) is 3.30. The first kappa shape index (κ1) is 23.0. The maximum Gasteiger partial charge on any atom is 0.267 e. The van der Waals surface area contributed by atoms with E-state index in [1.807, 2.05) is 0 Å². The summed E-state index contributed by atoms with van der Waals surface area (Å²) in [7, 11) is -2.41. The number of carbonyl (C=O) groups excluding carboxylic acids is 1. The molecule has 0 aliphatic rings. The van der Waals surface area contributed by atoms with Crippen LogP contribution in [0.25, 0.3) is 27.8 Å². The van der Waals surface area contributed by atoms with E-state index < -0.39 is 27.3 Å².